The van der Waals surface area contributed by atoms with Crippen LogP contribution in [0.4, 0.5) is 10.1 Å². The van der Waals surface area contributed by atoms with Crippen molar-refractivity contribution in [3.63, 3.8) is 0 Å². The van der Waals surface area contributed by atoms with Gasteiger partial charge in [-0.2, -0.15) is 5.26 Å². The molecule has 9 heteroatoms. The second-order valence-electron chi connectivity index (χ2n) is 8.74. The number of amides is 2. The van der Waals surface area contributed by atoms with Crippen molar-refractivity contribution < 1.29 is 23.6 Å². The molecule has 0 aromatic heterocycles. The van der Waals surface area contributed by atoms with Gasteiger partial charge in [-0.15, -0.1) is 0 Å². The topological polar surface area (TPSA) is 92.0 Å². The van der Waals surface area contributed by atoms with Crippen LogP contribution in [0.1, 0.15) is 12.0 Å². The molecule has 0 unspecified atom stereocenters. The fourth-order valence-electron chi connectivity index (χ4n) is 6.14. The van der Waals surface area contributed by atoms with Crippen LogP contribution in [-0.2, 0) is 14.4 Å². The zero-order valence-corrected chi connectivity index (χ0v) is 17.9. The summed E-state index contributed by atoms with van der Waals surface area (Å²) in [7, 11) is 0. The van der Waals surface area contributed by atoms with E-state index in [0.717, 1.165) is 16.5 Å². The molecule has 2 aromatic carbocycles. The van der Waals surface area contributed by atoms with Gasteiger partial charge < -0.3 is 9.57 Å². The average Bonchev–Trinajstić information content (AvgIpc) is 3.55. The standard InChI is InChI=1S/C24H17ClFN3O4/c25-15-9-11(5-6-16(15)26)29-23(30)18-13-10-14(19(18)24(29)31)22-20(13)21(28-33-22)12-3-1-2-4-17(12)32-8-7-27/h1-6,9,13-14,18-20,22H,8,10H2/t13-,14+,18+,19-,20+,22+/m0/s1. The predicted octanol–water partition coefficient (Wildman–Crippen LogP) is 3.56. The van der Waals surface area contributed by atoms with Gasteiger partial charge in [0, 0.05) is 17.4 Å². The van der Waals surface area contributed by atoms with Gasteiger partial charge in [0.25, 0.3) is 0 Å². The van der Waals surface area contributed by atoms with E-state index < -0.39 is 17.7 Å². The first-order valence-corrected chi connectivity index (χ1v) is 11.0. The largest absolute Gasteiger partial charge is 0.478 e. The Balaban J connectivity index is 1.34. The number of nitriles is 1. The van der Waals surface area contributed by atoms with Gasteiger partial charge in [0.1, 0.15) is 23.7 Å². The molecule has 0 radical (unpaired) electrons. The van der Waals surface area contributed by atoms with Crippen LogP contribution in [0.5, 0.6) is 5.75 Å². The van der Waals surface area contributed by atoms with Crippen molar-refractivity contribution >= 4 is 34.8 Å². The Morgan fingerprint density at radius 3 is 2.67 bits per heavy atom. The number of anilines is 1. The molecule has 3 fully saturated rings. The summed E-state index contributed by atoms with van der Waals surface area (Å²) in [6.45, 7) is -0.0990. The molecule has 1 saturated heterocycles. The molecule has 2 amide bonds. The lowest BCUT2D eigenvalue weighted by atomic mass is 9.71. The Kier molecular flexibility index (Phi) is 4.46. The smallest absolute Gasteiger partial charge is 0.238 e. The van der Waals surface area contributed by atoms with Gasteiger partial charge in [0.15, 0.2) is 6.61 Å². The van der Waals surface area contributed by atoms with E-state index in [9.17, 15) is 14.0 Å². The minimum absolute atomic E-state index is 0.0990. The quantitative estimate of drug-likeness (QED) is 0.644. The SMILES string of the molecule is N#CCOc1ccccc1C1=NO[C@@H]2[C@@H]3C[C@@H]([C@H]4C(=O)N(c5ccc(F)c(Cl)c5)C(=O)[C@@H]34)[C@H]12. The lowest BCUT2D eigenvalue weighted by molar-refractivity contribution is -0.125. The Morgan fingerprint density at radius 1 is 1.15 bits per heavy atom. The van der Waals surface area contributed by atoms with Gasteiger partial charge in [0.2, 0.25) is 11.8 Å². The van der Waals surface area contributed by atoms with E-state index in [1.54, 1.807) is 6.07 Å². The number of nitrogens with zero attached hydrogens (tertiary/aromatic N) is 3. The number of imide groups is 1. The summed E-state index contributed by atoms with van der Waals surface area (Å²) < 4.78 is 19.2. The number of para-hydroxylation sites is 1. The summed E-state index contributed by atoms with van der Waals surface area (Å²) in [6, 6.07) is 13.1. The maximum atomic E-state index is 13.6. The zero-order valence-electron chi connectivity index (χ0n) is 17.2. The van der Waals surface area contributed by atoms with E-state index >= 15 is 0 Å². The summed E-state index contributed by atoms with van der Waals surface area (Å²) in [5.74, 6) is -2.08. The molecule has 7 nitrogen and oxygen atoms in total. The Bertz CT molecular complexity index is 1270. The minimum Gasteiger partial charge on any atom is -0.478 e. The van der Waals surface area contributed by atoms with E-state index in [-0.39, 0.29) is 53.0 Å². The molecule has 2 heterocycles. The monoisotopic (exact) mass is 465 g/mol. The van der Waals surface area contributed by atoms with Crippen LogP contribution >= 0.6 is 11.6 Å². The average molecular weight is 466 g/mol. The second-order valence-corrected chi connectivity index (χ2v) is 9.15. The van der Waals surface area contributed by atoms with Gasteiger partial charge in [-0.3, -0.25) is 9.59 Å². The molecule has 2 aromatic rings. The minimum atomic E-state index is -0.610. The van der Waals surface area contributed by atoms with Crippen molar-refractivity contribution in [3.8, 4) is 11.8 Å². The Morgan fingerprint density at radius 2 is 1.91 bits per heavy atom. The lowest BCUT2D eigenvalue weighted by Gasteiger charge is -2.30. The van der Waals surface area contributed by atoms with E-state index in [1.807, 2.05) is 24.3 Å². The predicted molar refractivity (Wildman–Crippen MR) is 115 cm³/mol. The fourth-order valence-corrected chi connectivity index (χ4v) is 6.32. The van der Waals surface area contributed by atoms with Crippen LogP contribution < -0.4 is 9.64 Å². The zero-order chi connectivity index (χ0) is 22.9. The fraction of sp³-hybridized carbons (Fsp3) is 0.333. The number of fused-ring (bicyclic) bond motifs is 8. The summed E-state index contributed by atoms with van der Waals surface area (Å²) in [5.41, 5.74) is 1.69. The third-order valence-electron chi connectivity index (χ3n) is 7.31. The molecular formula is C24H17ClFN3O4. The molecule has 2 saturated carbocycles. The number of rotatable bonds is 4. The van der Waals surface area contributed by atoms with E-state index in [2.05, 4.69) is 5.16 Å². The molecule has 0 N–H and O–H groups in total. The van der Waals surface area contributed by atoms with Crippen LogP contribution in [-0.4, -0.2) is 30.2 Å². The summed E-state index contributed by atoms with van der Waals surface area (Å²) in [6.07, 6.45) is 0.393. The molecule has 6 atom stereocenters. The van der Waals surface area contributed by atoms with Crippen molar-refractivity contribution in [3.05, 3.63) is 58.9 Å². The molecule has 2 aliphatic carbocycles. The van der Waals surface area contributed by atoms with Crippen LogP contribution in [0.2, 0.25) is 5.02 Å². The molecule has 6 rings (SSSR count). The van der Waals surface area contributed by atoms with E-state index in [0.29, 0.717) is 17.9 Å². The maximum Gasteiger partial charge on any atom is 0.238 e. The molecule has 0 spiro atoms. The number of oxime groups is 1. The number of hydrogen-bond donors (Lipinski definition) is 0. The first kappa shape index (κ1) is 20.2. The van der Waals surface area contributed by atoms with Crippen LogP contribution in [0.15, 0.2) is 47.6 Å². The highest BCUT2D eigenvalue weighted by atomic mass is 35.5. The summed E-state index contributed by atoms with van der Waals surface area (Å²) in [5, 5.41) is 13.1. The number of ether oxygens (including phenoxy) is 1. The van der Waals surface area contributed by atoms with Crippen molar-refractivity contribution in [2.45, 2.75) is 12.5 Å². The van der Waals surface area contributed by atoms with Gasteiger partial charge in [-0.1, -0.05) is 28.9 Å². The van der Waals surface area contributed by atoms with Gasteiger partial charge >= 0.3 is 0 Å². The normalized spacial score (nSPS) is 31.2. The third kappa shape index (κ3) is 2.75. The van der Waals surface area contributed by atoms with Crippen LogP contribution in [0.25, 0.3) is 0 Å². The summed E-state index contributed by atoms with van der Waals surface area (Å²) in [4.78, 5) is 33.7. The number of halogens is 2. The highest BCUT2D eigenvalue weighted by molar-refractivity contribution is 6.31. The first-order chi connectivity index (χ1) is 16.0. The van der Waals surface area contributed by atoms with Crippen molar-refractivity contribution in [1.29, 1.82) is 5.26 Å². The molecule has 166 valence electrons. The molecular weight excluding hydrogens is 449 g/mol. The second kappa shape index (κ2) is 7.29. The van der Waals surface area contributed by atoms with Gasteiger partial charge in [-0.25, -0.2) is 9.29 Å². The van der Waals surface area contributed by atoms with Gasteiger partial charge in [-0.05, 0) is 42.7 Å². The first-order valence-electron chi connectivity index (χ1n) is 10.7. The van der Waals surface area contributed by atoms with Crippen molar-refractivity contribution in [2.75, 3.05) is 11.5 Å². The van der Waals surface area contributed by atoms with Crippen molar-refractivity contribution in [1.82, 2.24) is 0 Å². The molecule has 4 aliphatic rings. The number of carbonyl (C=O) groups excluding carboxylic acids is 2. The maximum absolute atomic E-state index is 13.6. The van der Waals surface area contributed by atoms with Gasteiger partial charge in [0.05, 0.1) is 28.3 Å². The molecule has 2 aliphatic heterocycles. The molecule has 2 bridgehead atoms. The lowest BCUT2D eigenvalue weighted by Crippen LogP contribution is -2.41. The Hall–Kier alpha value is -3.44. The highest BCUT2D eigenvalue weighted by Gasteiger charge is 2.70. The summed E-state index contributed by atoms with van der Waals surface area (Å²) >= 11 is 5.90. The Labute approximate surface area is 193 Å². The van der Waals surface area contributed by atoms with Crippen LogP contribution in [0, 0.1) is 46.7 Å². The third-order valence-corrected chi connectivity index (χ3v) is 7.60. The highest BCUT2D eigenvalue weighted by Crippen LogP contribution is 2.62. The van der Waals surface area contributed by atoms with Crippen LogP contribution in [0.3, 0.4) is 0 Å². The van der Waals surface area contributed by atoms with Crippen molar-refractivity contribution in [2.24, 2.45) is 34.7 Å². The number of benzene rings is 2. The number of carbonyl (C=O) groups is 2. The number of hydrogen-bond acceptors (Lipinski definition) is 6. The van der Waals surface area contributed by atoms with E-state index in [4.69, 9.17) is 26.4 Å². The van der Waals surface area contributed by atoms with E-state index in [1.165, 1.54) is 12.1 Å². The molecule has 33 heavy (non-hydrogen) atoms.